The smallest absolute Gasteiger partial charge is 0.318 e. The van der Waals surface area contributed by atoms with Crippen molar-refractivity contribution >= 4 is 6.03 Å². The zero-order valence-corrected chi connectivity index (χ0v) is 10.6. The summed E-state index contributed by atoms with van der Waals surface area (Å²) in [4.78, 5) is 14.4. The predicted octanol–water partition coefficient (Wildman–Crippen LogP) is 0.452. The maximum atomic E-state index is 12.4. The van der Waals surface area contributed by atoms with Crippen LogP contribution in [0.5, 0.6) is 0 Å². The highest BCUT2D eigenvalue weighted by molar-refractivity contribution is 5.75. The van der Waals surface area contributed by atoms with Crippen LogP contribution in [0.4, 0.5) is 4.79 Å². The highest BCUT2D eigenvalue weighted by atomic mass is 16.5. The van der Waals surface area contributed by atoms with Gasteiger partial charge in [0.2, 0.25) is 0 Å². The van der Waals surface area contributed by atoms with Crippen molar-refractivity contribution < 1.29 is 9.53 Å². The molecule has 5 saturated heterocycles. The van der Waals surface area contributed by atoms with Crippen LogP contribution in [0.2, 0.25) is 0 Å². The monoisotopic (exact) mass is 251 g/mol. The third-order valence-electron chi connectivity index (χ3n) is 5.02. The number of carbonyl (C=O) groups is 1. The SMILES string of the molecule is O=C(NC1CC2CCC1O2)N1CC2CCC1CN2. The molecular formula is C13H21N3O2. The van der Waals surface area contributed by atoms with E-state index in [1.807, 2.05) is 4.90 Å². The molecule has 5 fully saturated rings. The topological polar surface area (TPSA) is 53.6 Å². The van der Waals surface area contributed by atoms with Gasteiger partial charge in [-0.3, -0.25) is 0 Å². The lowest BCUT2D eigenvalue weighted by Crippen LogP contribution is -2.65. The Kier molecular flexibility index (Phi) is 2.52. The summed E-state index contributed by atoms with van der Waals surface area (Å²) in [5.74, 6) is 0. The van der Waals surface area contributed by atoms with E-state index in [4.69, 9.17) is 4.74 Å². The molecule has 5 aliphatic heterocycles. The summed E-state index contributed by atoms with van der Waals surface area (Å²) in [6, 6.07) is 1.29. The Morgan fingerprint density at radius 3 is 2.78 bits per heavy atom. The van der Waals surface area contributed by atoms with Crippen molar-refractivity contribution in [3.63, 3.8) is 0 Å². The number of ether oxygens (including phenoxy) is 1. The molecule has 5 unspecified atom stereocenters. The molecule has 5 aliphatic rings. The number of urea groups is 1. The molecule has 18 heavy (non-hydrogen) atoms. The molecule has 100 valence electrons. The minimum atomic E-state index is 0.132. The van der Waals surface area contributed by atoms with Crippen LogP contribution in [0.1, 0.15) is 32.1 Å². The highest BCUT2D eigenvalue weighted by Gasteiger charge is 2.43. The molecule has 5 nitrogen and oxygen atoms in total. The predicted molar refractivity (Wildman–Crippen MR) is 66.4 cm³/mol. The van der Waals surface area contributed by atoms with Crippen LogP contribution < -0.4 is 10.6 Å². The minimum absolute atomic E-state index is 0.132. The van der Waals surface area contributed by atoms with Gasteiger partial charge in [-0.1, -0.05) is 0 Å². The van der Waals surface area contributed by atoms with Gasteiger partial charge >= 0.3 is 6.03 Å². The summed E-state index contributed by atoms with van der Waals surface area (Å²) in [6.07, 6.45) is 6.35. The van der Waals surface area contributed by atoms with E-state index in [-0.39, 0.29) is 18.2 Å². The van der Waals surface area contributed by atoms with Crippen molar-refractivity contribution in [2.45, 2.75) is 62.4 Å². The van der Waals surface area contributed by atoms with Crippen molar-refractivity contribution in [1.29, 1.82) is 0 Å². The molecule has 2 N–H and O–H groups in total. The summed E-state index contributed by atoms with van der Waals surface area (Å²) >= 11 is 0. The first kappa shape index (κ1) is 11.1. The van der Waals surface area contributed by atoms with Crippen LogP contribution in [-0.2, 0) is 4.74 Å². The van der Waals surface area contributed by atoms with Gasteiger partial charge in [-0.05, 0) is 32.1 Å². The summed E-state index contributed by atoms with van der Waals surface area (Å²) < 4.78 is 5.79. The van der Waals surface area contributed by atoms with Crippen molar-refractivity contribution in [2.75, 3.05) is 13.1 Å². The van der Waals surface area contributed by atoms with Crippen molar-refractivity contribution in [3.05, 3.63) is 0 Å². The fourth-order valence-electron chi connectivity index (χ4n) is 3.99. The first-order valence-corrected chi connectivity index (χ1v) is 7.25. The van der Waals surface area contributed by atoms with E-state index in [9.17, 15) is 4.79 Å². The van der Waals surface area contributed by atoms with E-state index in [1.165, 1.54) is 12.8 Å². The first-order chi connectivity index (χ1) is 8.79. The van der Waals surface area contributed by atoms with Gasteiger partial charge in [0.05, 0.1) is 18.2 Å². The molecule has 5 heteroatoms. The van der Waals surface area contributed by atoms with E-state index in [0.717, 1.165) is 32.4 Å². The van der Waals surface area contributed by atoms with Crippen molar-refractivity contribution in [2.24, 2.45) is 0 Å². The van der Waals surface area contributed by atoms with Crippen molar-refractivity contribution in [3.8, 4) is 0 Å². The maximum Gasteiger partial charge on any atom is 0.318 e. The van der Waals surface area contributed by atoms with Crippen molar-refractivity contribution in [1.82, 2.24) is 15.5 Å². The average Bonchev–Trinajstić information content (AvgIpc) is 3.02. The van der Waals surface area contributed by atoms with Crippen LogP contribution in [-0.4, -0.2) is 54.4 Å². The fourth-order valence-corrected chi connectivity index (χ4v) is 3.99. The minimum Gasteiger partial charge on any atom is -0.373 e. The Bertz CT molecular complexity index is 354. The van der Waals surface area contributed by atoms with Crippen LogP contribution >= 0.6 is 0 Å². The largest absolute Gasteiger partial charge is 0.373 e. The zero-order chi connectivity index (χ0) is 12.1. The molecule has 5 atom stereocenters. The van der Waals surface area contributed by atoms with Gasteiger partial charge in [0.15, 0.2) is 0 Å². The molecular weight excluding hydrogens is 230 g/mol. The molecule has 0 aromatic carbocycles. The average molecular weight is 251 g/mol. The first-order valence-electron chi connectivity index (χ1n) is 7.25. The molecule has 0 saturated carbocycles. The summed E-state index contributed by atoms with van der Waals surface area (Å²) in [7, 11) is 0. The number of rotatable bonds is 1. The lowest BCUT2D eigenvalue weighted by molar-refractivity contribution is 0.0847. The Hall–Kier alpha value is -0.810. The van der Waals surface area contributed by atoms with Crippen LogP contribution in [0.25, 0.3) is 0 Å². The lowest BCUT2D eigenvalue weighted by Gasteiger charge is -2.46. The molecule has 5 heterocycles. The maximum absolute atomic E-state index is 12.4. The van der Waals surface area contributed by atoms with E-state index in [0.29, 0.717) is 18.2 Å². The second-order valence-electron chi connectivity index (χ2n) is 6.15. The number of piperidine rings is 2. The number of nitrogens with one attached hydrogen (secondary N) is 2. The number of carbonyl (C=O) groups excluding carboxylic acids is 1. The number of nitrogens with zero attached hydrogens (tertiary/aromatic N) is 1. The van der Waals surface area contributed by atoms with E-state index in [2.05, 4.69) is 10.6 Å². The third kappa shape index (κ3) is 1.72. The van der Waals surface area contributed by atoms with Gasteiger partial charge in [-0.2, -0.15) is 0 Å². The molecule has 5 rings (SSSR count). The van der Waals surface area contributed by atoms with Gasteiger partial charge in [0, 0.05) is 25.2 Å². The number of piperazine rings is 1. The summed E-state index contributed by atoms with van der Waals surface area (Å²) in [5.41, 5.74) is 0. The normalized spacial score (nSPS) is 45.6. The fraction of sp³-hybridized carbons (Fsp3) is 0.923. The molecule has 0 spiro atoms. The molecule has 0 aromatic rings. The standard InChI is InChI=1S/C13H21N3O2/c17-13(15-11-5-10-3-4-12(11)18-10)16-7-8-1-2-9(16)6-14-8/h8-12,14H,1-7H2,(H,15,17). The van der Waals surface area contributed by atoms with Gasteiger partial charge < -0.3 is 20.3 Å². The molecule has 0 aromatic heterocycles. The van der Waals surface area contributed by atoms with Crippen LogP contribution in [0.15, 0.2) is 0 Å². The van der Waals surface area contributed by atoms with E-state index in [1.54, 1.807) is 0 Å². The number of amides is 2. The molecule has 4 bridgehead atoms. The second-order valence-corrected chi connectivity index (χ2v) is 6.15. The number of hydrogen-bond acceptors (Lipinski definition) is 3. The molecule has 2 amide bonds. The number of hydrogen-bond donors (Lipinski definition) is 2. The zero-order valence-electron chi connectivity index (χ0n) is 10.6. The molecule has 0 aliphatic carbocycles. The van der Waals surface area contributed by atoms with E-state index < -0.39 is 0 Å². The van der Waals surface area contributed by atoms with Gasteiger partial charge in [-0.25, -0.2) is 4.79 Å². The Morgan fingerprint density at radius 1 is 1.28 bits per heavy atom. The van der Waals surface area contributed by atoms with E-state index >= 15 is 0 Å². The van der Waals surface area contributed by atoms with Gasteiger partial charge in [0.1, 0.15) is 0 Å². The van der Waals surface area contributed by atoms with Crippen LogP contribution in [0.3, 0.4) is 0 Å². The van der Waals surface area contributed by atoms with Gasteiger partial charge in [0.25, 0.3) is 0 Å². The quantitative estimate of drug-likeness (QED) is 0.711. The second kappa shape index (κ2) is 4.10. The summed E-state index contributed by atoms with van der Waals surface area (Å²) in [6.45, 7) is 1.84. The lowest BCUT2D eigenvalue weighted by atomic mass is 9.93. The third-order valence-corrected chi connectivity index (χ3v) is 5.02. The highest BCUT2D eigenvalue weighted by Crippen LogP contribution is 2.34. The Morgan fingerprint density at radius 2 is 2.22 bits per heavy atom. The molecule has 0 radical (unpaired) electrons. The van der Waals surface area contributed by atoms with Gasteiger partial charge in [-0.15, -0.1) is 0 Å². The Labute approximate surface area is 107 Å². The Balaban J connectivity index is 1.39. The van der Waals surface area contributed by atoms with Crippen LogP contribution in [0, 0.1) is 0 Å². The summed E-state index contributed by atoms with van der Waals surface area (Å²) in [5, 5.41) is 6.68. The number of fused-ring (bicyclic) bond motifs is 5.